The fraction of sp³-hybridized carbons (Fsp3) is 0.286. The molecular formula is C28H31N7O. The number of rotatable bonds is 5. The molecule has 3 N–H and O–H groups in total. The van der Waals surface area contributed by atoms with Crippen molar-refractivity contribution in [3.63, 3.8) is 0 Å². The Hall–Kier alpha value is -4.20. The van der Waals surface area contributed by atoms with E-state index < -0.39 is 0 Å². The van der Waals surface area contributed by atoms with Gasteiger partial charge in [0.15, 0.2) is 5.82 Å². The molecule has 0 radical (unpaired) electrons. The lowest BCUT2D eigenvalue weighted by Crippen LogP contribution is -2.39. The maximum atomic E-state index is 13.1. The number of H-pyrrole nitrogens is 1. The maximum absolute atomic E-state index is 13.1. The van der Waals surface area contributed by atoms with Crippen molar-refractivity contribution in [2.75, 3.05) is 28.6 Å². The van der Waals surface area contributed by atoms with Crippen LogP contribution < -0.4 is 15.5 Å². The Morgan fingerprint density at radius 2 is 1.67 bits per heavy atom. The van der Waals surface area contributed by atoms with Crippen LogP contribution in [0.4, 0.5) is 21.9 Å². The second-order valence-electron chi connectivity index (χ2n) is 9.82. The molecule has 3 aromatic carbocycles. The molecule has 0 aliphatic carbocycles. The molecule has 0 spiro atoms. The summed E-state index contributed by atoms with van der Waals surface area (Å²) in [6.45, 7) is 8.51. The summed E-state index contributed by atoms with van der Waals surface area (Å²) in [4.78, 5) is 15.4. The summed E-state index contributed by atoms with van der Waals surface area (Å²) in [5, 5.41) is 20.5. The number of amides is 2. The lowest BCUT2D eigenvalue weighted by Gasteiger charge is -2.37. The van der Waals surface area contributed by atoms with Gasteiger partial charge in [-0.05, 0) is 71.0 Å². The van der Waals surface area contributed by atoms with Crippen LogP contribution in [0.1, 0.15) is 25.8 Å². The number of carbonyl (C=O) groups excluding carboxylic acids is 1. The number of piperidine rings is 1. The van der Waals surface area contributed by atoms with Gasteiger partial charge in [-0.25, -0.2) is 9.89 Å². The minimum Gasteiger partial charge on any atom is -0.369 e. The topological polar surface area (TPSA) is 98.8 Å². The van der Waals surface area contributed by atoms with E-state index in [0.29, 0.717) is 17.7 Å². The first-order chi connectivity index (χ1) is 17.5. The average Bonchev–Trinajstić information content (AvgIpc) is 3.40. The molecule has 1 aromatic heterocycles. The summed E-state index contributed by atoms with van der Waals surface area (Å²) >= 11 is 0. The smallest absolute Gasteiger partial charge is 0.323 e. The number of nitrogens with one attached hydrogen (secondary N) is 3. The fourth-order valence-electron chi connectivity index (χ4n) is 5.08. The van der Waals surface area contributed by atoms with Crippen molar-refractivity contribution < 1.29 is 4.79 Å². The summed E-state index contributed by atoms with van der Waals surface area (Å²) in [5.41, 5.74) is 6.52. The number of hydrogen-bond donors (Lipinski definition) is 3. The highest BCUT2D eigenvalue weighted by atomic mass is 16.2. The van der Waals surface area contributed by atoms with Crippen molar-refractivity contribution in [2.24, 2.45) is 11.8 Å². The van der Waals surface area contributed by atoms with Crippen molar-refractivity contribution in [2.45, 2.75) is 27.2 Å². The third-order valence-corrected chi connectivity index (χ3v) is 6.60. The standard InChI is InChI=1S/C28H31N7O/c1-18-8-11-22(12-9-18)29-28(36)30-25-15-21(10-13-26(25)35-16-19(2)14-20(3)17-35)23-6-4-5-7-24(23)27-31-33-34-32-27/h4-13,15,19-20H,14,16-17H2,1-3H3,(H2,29,30,36)(H,31,32,33,34). The molecule has 0 bridgehead atoms. The number of aromatic amines is 1. The van der Waals surface area contributed by atoms with E-state index in [0.717, 1.165) is 52.4 Å². The third-order valence-electron chi connectivity index (χ3n) is 6.60. The van der Waals surface area contributed by atoms with Gasteiger partial charge in [0.05, 0.1) is 11.4 Å². The Bertz CT molecular complexity index is 1320. The largest absolute Gasteiger partial charge is 0.369 e. The van der Waals surface area contributed by atoms with E-state index in [1.54, 1.807) is 0 Å². The number of aryl methyl sites for hydroxylation is 1. The SMILES string of the molecule is Cc1ccc(NC(=O)Nc2cc(-c3ccccc3-c3nnn[nH]3)ccc2N2CC(C)CC(C)C2)cc1. The van der Waals surface area contributed by atoms with Gasteiger partial charge in [-0.1, -0.05) is 61.9 Å². The molecule has 2 heterocycles. The van der Waals surface area contributed by atoms with Crippen molar-refractivity contribution >= 4 is 23.1 Å². The molecule has 1 aliphatic heterocycles. The van der Waals surface area contributed by atoms with Crippen molar-refractivity contribution in [3.8, 4) is 22.5 Å². The van der Waals surface area contributed by atoms with Crippen LogP contribution in [0.25, 0.3) is 22.5 Å². The zero-order valence-corrected chi connectivity index (χ0v) is 20.8. The van der Waals surface area contributed by atoms with Crippen LogP contribution in [0.3, 0.4) is 0 Å². The van der Waals surface area contributed by atoms with Gasteiger partial charge in [0.25, 0.3) is 0 Å². The minimum absolute atomic E-state index is 0.275. The van der Waals surface area contributed by atoms with Crippen LogP contribution in [0.5, 0.6) is 0 Å². The summed E-state index contributed by atoms with van der Waals surface area (Å²) in [5.74, 6) is 1.77. The molecule has 2 amide bonds. The van der Waals surface area contributed by atoms with E-state index in [1.165, 1.54) is 6.42 Å². The number of anilines is 3. The molecule has 2 atom stereocenters. The predicted octanol–water partition coefficient (Wildman–Crippen LogP) is 5.97. The Kier molecular flexibility index (Phi) is 6.66. The zero-order valence-electron chi connectivity index (χ0n) is 20.8. The number of hydrogen-bond acceptors (Lipinski definition) is 5. The Balaban J connectivity index is 1.51. The number of benzene rings is 3. The summed E-state index contributed by atoms with van der Waals surface area (Å²) in [6, 6.07) is 21.7. The lowest BCUT2D eigenvalue weighted by molar-refractivity contribution is 0.262. The molecule has 8 heteroatoms. The highest BCUT2D eigenvalue weighted by Gasteiger charge is 2.24. The fourth-order valence-corrected chi connectivity index (χ4v) is 5.08. The number of nitrogens with zero attached hydrogens (tertiary/aromatic N) is 4. The second kappa shape index (κ2) is 10.2. The van der Waals surface area contributed by atoms with E-state index in [9.17, 15) is 4.79 Å². The molecule has 184 valence electrons. The molecule has 1 saturated heterocycles. The van der Waals surface area contributed by atoms with E-state index in [2.05, 4.69) is 62.1 Å². The number of tetrazole rings is 1. The van der Waals surface area contributed by atoms with Gasteiger partial charge in [0.2, 0.25) is 0 Å². The van der Waals surface area contributed by atoms with E-state index in [-0.39, 0.29) is 6.03 Å². The second-order valence-corrected chi connectivity index (χ2v) is 9.82. The van der Waals surface area contributed by atoms with Gasteiger partial charge >= 0.3 is 6.03 Å². The highest BCUT2D eigenvalue weighted by molar-refractivity contribution is 6.02. The van der Waals surface area contributed by atoms with Crippen LogP contribution in [-0.2, 0) is 0 Å². The first kappa shape index (κ1) is 23.5. The Labute approximate surface area is 211 Å². The summed E-state index contributed by atoms with van der Waals surface area (Å²) < 4.78 is 0. The Morgan fingerprint density at radius 3 is 2.36 bits per heavy atom. The van der Waals surface area contributed by atoms with Gasteiger partial charge in [-0.2, -0.15) is 0 Å². The predicted molar refractivity (Wildman–Crippen MR) is 144 cm³/mol. The quantitative estimate of drug-likeness (QED) is 0.326. The molecule has 2 unspecified atom stereocenters. The van der Waals surface area contributed by atoms with E-state index >= 15 is 0 Å². The maximum Gasteiger partial charge on any atom is 0.323 e. The van der Waals surface area contributed by atoms with Crippen molar-refractivity contribution in [1.29, 1.82) is 0 Å². The summed E-state index contributed by atoms with van der Waals surface area (Å²) in [7, 11) is 0. The van der Waals surface area contributed by atoms with Crippen LogP contribution in [0.2, 0.25) is 0 Å². The third kappa shape index (κ3) is 5.22. The van der Waals surface area contributed by atoms with Crippen molar-refractivity contribution in [1.82, 2.24) is 20.6 Å². The van der Waals surface area contributed by atoms with E-state index in [4.69, 9.17) is 0 Å². The number of carbonyl (C=O) groups is 1. The van der Waals surface area contributed by atoms with Gasteiger partial charge in [-0.3, -0.25) is 0 Å². The lowest BCUT2D eigenvalue weighted by atomic mass is 9.91. The first-order valence-electron chi connectivity index (χ1n) is 12.3. The van der Waals surface area contributed by atoms with Crippen LogP contribution >= 0.6 is 0 Å². The van der Waals surface area contributed by atoms with Gasteiger partial charge in [0, 0.05) is 24.3 Å². The highest BCUT2D eigenvalue weighted by Crippen LogP contribution is 2.37. The zero-order chi connectivity index (χ0) is 25.1. The molecule has 1 fully saturated rings. The average molecular weight is 482 g/mol. The number of urea groups is 1. The van der Waals surface area contributed by atoms with Gasteiger partial charge in [-0.15, -0.1) is 5.10 Å². The van der Waals surface area contributed by atoms with Crippen molar-refractivity contribution in [3.05, 3.63) is 72.3 Å². The van der Waals surface area contributed by atoms with E-state index in [1.807, 2.05) is 61.5 Å². The van der Waals surface area contributed by atoms with Crippen LogP contribution in [0.15, 0.2) is 66.7 Å². The first-order valence-corrected chi connectivity index (χ1v) is 12.3. The molecule has 0 saturated carbocycles. The Morgan fingerprint density at radius 1 is 0.944 bits per heavy atom. The molecule has 1 aliphatic rings. The molecule has 4 aromatic rings. The van der Waals surface area contributed by atoms with Crippen LogP contribution in [0, 0.1) is 18.8 Å². The van der Waals surface area contributed by atoms with Gasteiger partial charge in [0.1, 0.15) is 0 Å². The summed E-state index contributed by atoms with van der Waals surface area (Å²) in [6.07, 6.45) is 1.21. The van der Waals surface area contributed by atoms with Crippen LogP contribution in [-0.4, -0.2) is 39.7 Å². The molecule has 5 rings (SSSR count). The monoisotopic (exact) mass is 481 g/mol. The number of aromatic nitrogens is 4. The minimum atomic E-state index is -0.275. The molecular weight excluding hydrogens is 450 g/mol. The van der Waals surface area contributed by atoms with Gasteiger partial charge < -0.3 is 15.5 Å². The molecule has 36 heavy (non-hydrogen) atoms. The normalized spacial score (nSPS) is 17.6. The molecule has 8 nitrogen and oxygen atoms in total.